The number of nitrogens with zero attached hydrogens (tertiary/aromatic N) is 3. The zero-order valence-electron chi connectivity index (χ0n) is 24.8. The molecule has 2 heterocycles. The average Bonchev–Trinajstić information content (AvgIpc) is 3.92. The van der Waals surface area contributed by atoms with Gasteiger partial charge < -0.3 is 20.3 Å². The fourth-order valence-electron chi connectivity index (χ4n) is 5.71. The van der Waals surface area contributed by atoms with Crippen LogP contribution in [0.15, 0.2) is 55.0 Å². The number of aliphatic carboxylic acids is 1. The standard InChI is InChI=1S/C34H39N5O4/c1-21-16-36-38(18-21)19-24-8-9-26(4-3-5-32(40)41)30(14-24)37-33(42)22(2)39-20-29(25-10-11-25)28-13-12-27(15-31(28)39)34(43)35-17-23-6-7-23/h8-9,12-16,18,20,22-23,25H,3-7,10-11,17,19H2,1-2H3,(H,35,43)(H,37,42)(H,40,41). The van der Waals surface area contributed by atoms with Gasteiger partial charge in [-0.15, -0.1) is 0 Å². The minimum Gasteiger partial charge on any atom is -0.481 e. The molecule has 2 saturated carbocycles. The molecule has 2 amide bonds. The number of carbonyl (C=O) groups excluding carboxylic acids is 2. The molecule has 9 nitrogen and oxygen atoms in total. The van der Waals surface area contributed by atoms with Crippen molar-refractivity contribution in [3.05, 3.63) is 82.8 Å². The summed E-state index contributed by atoms with van der Waals surface area (Å²) in [6.07, 6.45) is 11.5. The molecule has 2 fully saturated rings. The van der Waals surface area contributed by atoms with Crippen molar-refractivity contribution in [2.24, 2.45) is 5.92 Å². The van der Waals surface area contributed by atoms with E-state index in [-0.39, 0.29) is 18.2 Å². The number of carboxylic acid groups (broad SMARTS) is 1. The molecule has 224 valence electrons. The zero-order valence-corrected chi connectivity index (χ0v) is 24.8. The van der Waals surface area contributed by atoms with E-state index in [4.69, 9.17) is 5.11 Å². The molecule has 0 bridgehead atoms. The first-order valence-electron chi connectivity index (χ1n) is 15.3. The fraction of sp³-hybridized carbons (Fsp3) is 0.412. The number of nitrogens with one attached hydrogen (secondary N) is 2. The topological polar surface area (TPSA) is 118 Å². The number of anilines is 1. The van der Waals surface area contributed by atoms with Crippen LogP contribution in [0.1, 0.15) is 90.0 Å². The highest BCUT2D eigenvalue weighted by molar-refractivity contribution is 6.00. The van der Waals surface area contributed by atoms with E-state index in [1.165, 1.54) is 18.4 Å². The first-order valence-corrected chi connectivity index (χ1v) is 15.3. The summed E-state index contributed by atoms with van der Waals surface area (Å²) in [5.41, 5.74) is 6.34. The summed E-state index contributed by atoms with van der Waals surface area (Å²) >= 11 is 0. The third kappa shape index (κ3) is 6.82. The Bertz CT molecular complexity index is 1680. The van der Waals surface area contributed by atoms with Gasteiger partial charge in [0.15, 0.2) is 0 Å². The summed E-state index contributed by atoms with van der Waals surface area (Å²) in [5.74, 6) is -0.0115. The van der Waals surface area contributed by atoms with E-state index in [9.17, 15) is 14.4 Å². The molecule has 0 radical (unpaired) electrons. The van der Waals surface area contributed by atoms with Gasteiger partial charge in [0, 0.05) is 47.5 Å². The summed E-state index contributed by atoms with van der Waals surface area (Å²) in [5, 5.41) is 20.8. The van der Waals surface area contributed by atoms with Crippen LogP contribution in [0.25, 0.3) is 10.9 Å². The van der Waals surface area contributed by atoms with E-state index in [2.05, 4.69) is 21.9 Å². The number of benzene rings is 2. The zero-order chi connectivity index (χ0) is 30.1. The Labute approximate surface area is 251 Å². The molecule has 6 rings (SSSR count). The largest absolute Gasteiger partial charge is 0.481 e. The Hall–Kier alpha value is -4.40. The molecule has 1 atom stereocenters. The molecular weight excluding hydrogens is 542 g/mol. The van der Waals surface area contributed by atoms with Gasteiger partial charge in [-0.1, -0.05) is 18.2 Å². The maximum Gasteiger partial charge on any atom is 0.303 e. The van der Waals surface area contributed by atoms with E-state index >= 15 is 0 Å². The van der Waals surface area contributed by atoms with Gasteiger partial charge in [-0.2, -0.15) is 5.10 Å². The Morgan fingerprint density at radius 3 is 2.58 bits per heavy atom. The Morgan fingerprint density at radius 1 is 1.07 bits per heavy atom. The lowest BCUT2D eigenvalue weighted by Crippen LogP contribution is -2.26. The summed E-state index contributed by atoms with van der Waals surface area (Å²) in [7, 11) is 0. The van der Waals surface area contributed by atoms with Crippen LogP contribution in [0, 0.1) is 12.8 Å². The number of carboxylic acids is 1. The first kappa shape index (κ1) is 28.7. The Kier molecular flexibility index (Phi) is 8.06. The van der Waals surface area contributed by atoms with Gasteiger partial charge in [-0.05, 0) is 105 Å². The summed E-state index contributed by atoms with van der Waals surface area (Å²) in [6, 6.07) is 11.2. The molecule has 43 heavy (non-hydrogen) atoms. The van der Waals surface area contributed by atoms with E-state index in [1.54, 1.807) is 0 Å². The van der Waals surface area contributed by atoms with Crippen molar-refractivity contribution in [3.8, 4) is 0 Å². The third-order valence-corrected chi connectivity index (χ3v) is 8.57. The molecule has 0 saturated heterocycles. The number of carbonyl (C=O) groups is 3. The molecule has 4 aromatic rings. The lowest BCUT2D eigenvalue weighted by Gasteiger charge is -2.18. The molecule has 1 unspecified atom stereocenters. The highest BCUT2D eigenvalue weighted by Gasteiger charge is 2.30. The second-order valence-corrected chi connectivity index (χ2v) is 12.3. The van der Waals surface area contributed by atoms with Gasteiger partial charge in [0.1, 0.15) is 6.04 Å². The van der Waals surface area contributed by atoms with Gasteiger partial charge in [0.05, 0.1) is 12.7 Å². The van der Waals surface area contributed by atoms with E-state index in [0.717, 1.165) is 40.4 Å². The van der Waals surface area contributed by atoms with E-state index in [1.807, 2.05) is 71.9 Å². The molecule has 2 aliphatic carbocycles. The number of aryl methyl sites for hydroxylation is 2. The summed E-state index contributed by atoms with van der Waals surface area (Å²) < 4.78 is 3.85. The maximum absolute atomic E-state index is 13.8. The molecule has 2 aromatic carbocycles. The molecule has 9 heteroatoms. The number of aromatic nitrogens is 3. The molecule has 2 aromatic heterocycles. The summed E-state index contributed by atoms with van der Waals surface area (Å²) in [6.45, 7) is 5.13. The molecular formula is C34H39N5O4. The maximum atomic E-state index is 13.8. The van der Waals surface area contributed by atoms with Crippen LogP contribution in [-0.2, 0) is 22.6 Å². The van der Waals surface area contributed by atoms with Crippen LogP contribution >= 0.6 is 0 Å². The predicted molar refractivity (Wildman–Crippen MR) is 165 cm³/mol. The fourth-order valence-corrected chi connectivity index (χ4v) is 5.71. The highest BCUT2D eigenvalue weighted by Crippen LogP contribution is 2.44. The minimum atomic E-state index is -0.837. The van der Waals surface area contributed by atoms with Crippen LogP contribution in [0.5, 0.6) is 0 Å². The molecule has 3 N–H and O–H groups in total. The Balaban J connectivity index is 1.26. The van der Waals surface area contributed by atoms with E-state index < -0.39 is 12.0 Å². The van der Waals surface area contributed by atoms with Gasteiger partial charge >= 0.3 is 5.97 Å². The van der Waals surface area contributed by atoms with Crippen molar-refractivity contribution in [3.63, 3.8) is 0 Å². The third-order valence-electron chi connectivity index (χ3n) is 8.57. The number of amides is 2. The number of hydrogen-bond acceptors (Lipinski definition) is 4. The minimum absolute atomic E-state index is 0.0635. The smallest absolute Gasteiger partial charge is 0.303 e. The van der Waals surface area contributed by atoms with Crippen molar-refractivity contribution < 1.29 is 19.5 Å². The van der Waals surface area contributed by atoms with Gasteiger partial charge in [0.2, 0.25) is 5.91 Å². The SMILES string of the molecule is Cc1cnn(Cc2ccc(CCCC(=O)O)c(NC(=O)C(C)n3cc(C4CC4)c4ccc(C(=O)NCC5CC5)cc43)c2)c1. The monoisotopic (exact) mass is 581 g/mol. The van der Waals surface area contributed by atoms with E-state index in [0.29, 0.717) is 49.0 Å². The van der Waals surface area contributed by atoms with Crippen LogP contribution in [-0.4, -0.2) is 43.8 Å². The quantitative estimate of drug-likeness (QED) is 0.184. The predicted octanol–water partition coefficient (Wildman–Crippen LogP) is 5.82. The van der Waals surface area contributed by atoms with Crippen molar-refractivity contribution in [2.75, 3.05) is 11.9 Å². The van der Waals surface area contributed by atoms with Crippen LogP contribution in [0.2, 0.25) is 0 Å². The first-order chi connectivity index (χ1) is 20.7. The van der Waals surface area contributed by atoms with Crippen molar-refractivity contribution in [1.82, 2.24) is 19.7 Å². The van der Waals surface area contributed by atoms with Gasteiger partial charge in [0.25, 0.3) is 5.91 Å². The lowest BCUT2D eigenvalue weighted by molar-refractivity contribution is -0.137. The molecule has 0 aliphatic heterocycles. The normalized spacial score (nSPS) is 15.4. The number of fused-ring (bicyclic) bond motifs is 1. The van der Waals surface area contributed by atoms with Crippen LogP contribution < -0.4 is 10.6 Å². The average molecular weight is 582 g/mol. The van der Waals surface area contributed by atoms with Gasteiger partial charge in [-0.3, -0.25) is 19.1 Å². The van der Waals surface area contributed by atoms with Crippen molar-refractivity contribution in [2.45, 2.75) is 77.3 Å². The second kappa shape index (κ2) is 12.1. The summed E-state index contributed by atoms with van der Waals surface area (Å²) in [4.78, 5) is 37.9. The molecule has 2 aliphatic rings. The highest BCUT2D eigenvalue weighted by atomic mass is 16.4. The van der Waals surface area contributed by atoms with Crippen molar-refractivity contribution in [1.29, 1.82) is 0 Å². The Morgan fingerprint density at radius 2 is 1.88 bits per heavy atom. The molecule has 0 spiro atoms. The van der Waals surface area contributed by atoms with Crippen LogP contribution in [0.3, 0.4) is 0 Å². The van der Waals surface area contributed by atoms with Crippen LogP contribution in [0.4, 0.5) is 5.69 Å². The number of rotatable bonds is 13. The van der Waals surface area contributed by atoms with Gasteiger partial charge in [-0.25, -0.2) is 0 Å². The lowest BCUT2D eigenvalue weighted by atomic mass is 10.0. The number of hydrogen-bond donors (Lipinski definition) is 3. The van der Waals surface area contributed by atoms with Crippen molar-refractivity contribution >= 4 is 34.4 Å². The second-order valence-electron chi connectivity index (χ2n) is 12.3.